The molecule has 0 saturated carbocycles. The molecule has 1 fully saturated rings. The van der Waals surface area contributed by atoms with Gasteiger partial charge in [-0.15, -0.1) is 0 Å². The maximum atomic E-state index is 11.1. The Bertz CT molecular complexity index is 672. The van der Waals surface area contributed by atoms with Gasteiger partial charge in [0, 0.05) is 12.1 Å². The van der Waals surface area contributed by atoms with Gasteiger partial charge in [-0.3, -0.25) is 9.69 Å². The fourth-order valence-corrected chi connectivity index (χ4v) is 3.33. The van der Waals surface area contributed by atoms with Crippen LogP contribution in [0.2, 0.25) is 0 Å². The second kappa shape index (κ2) is 7.49. The summed E-state index contributed by atoms with van der Waals surface area (Å²) in [5.74, 6) is 1.17. The molecular formula is C20H24N2O2. The van der Waals surface area contributed by atoms with Crippen molar-refractivity contribution in [1.82, 2.24) is 4.90 Å². The highest BCUT2D eigenvalue weighted by molar-refractivity contribution is 5.92. The van der Waals surface area contributed by atoms with E-state index in [9.17, 15) is 4.79 Å². The number of methoxy groups -OCH3 is 1. The zero-order valence-corrected chi connectivity index (χ0v) is 14.1. The summed E-state index contributed by atoms with van der Waals surface area (Å²) in [4.78, 5) is 13.6. The van der Waals surface area contributed by atoms with Gasteiger partial charge in [0.15, 0.2) is 0 Å². The molecule has 126 valence electrons. The van der Waals surface area contributed by atoms with Gasteiger partial charge >= 0.3 is 0 Å². The Balaban J connectivity index is 1.53. The number of piperidine rings is 1. The first-order valence-corrected chi connectivity index (χ1v) is 8.41. The minimum atomic E-state index is -0.373. The lowest BCUT2D eigenvalue weighted by Crippen LogP contribution is -2.32. The second-order valence-corrected chi connectivity index (χ2v) is 6.38. The van der Waals surface area contributed by atoms with Crippen molar-refractivity contribution in [3.8, 4) is 5.75 Å². The van der Waals surface area contributed by atoms with Crippen molar-refractivity contribution in [2.45, 2.75) is 25.3 Å². The summed E-state index contributed by atoms with van der Waals surface area (Å²) in [6.45, 7) is 3.11. The number of primary amides is 1. The van der Waals surface area contributed by atoms with Crippen LogP contribution in [0.5, 0.6) is 5.75 Å². The summed E-state index contributed by atoms with van der Waals surface area (Å²) < 4.78 is 5.23. The van der Waals surface area contributed by atoms with Crippen molar-refractivity contribution in [3.05, 3.63) is 65.2 Å². The quantitative estimate of drug-likeness (QED) is 0.919. The van der Waals surface area contributed by atoms with Crippen molar-refractivity contribution in [3.63, 3.8) is 0 Å². The molecule has 0 unspecified atom stereocenters. The summed E-state index contributed by atoms with van der Waals surface area (Å²) >= 11 is 0. The number of ether oxygens (including phenoxy) is 1. The van der Waals surface area contributed by atoms with E-state index in [0.717, 1.165) is 25.4 Å². The predicted molar refractivity (Wildman–Crippen MR) is 95.2 cm³/mol. The first-order valence-electron chi connectivity index (χ1n) is 8.41. The number of nitrogens with zero attached hydrogens (tertiary/aromatic N) is 1. The van der Waals surface area contributed by atoms with Crippen molar-refractivity contribution in [2.24, 2.45) is 5.73 Å². The van der Waals surface area contributed by atoms with Crippen LogP contribution in [0.1, 0.15) is 40.2 Å². The van der Waals surface area contributed by atoms with Gasteiger partial charge in [-0.05, 0) is 67.2 Å². The van der Waals surface area contributed by atoms with Gasteiger partial charge in [0.2, 0.25) is 5.91 Å². The Labute approximate surface area is 143 Å². The lowest BCUT2D eigenvalue weighted by molar-refractivity contribution is 0.100. The Morgan fingerprint density at radius 3 is 2.25 bits per heavy atom. The van der Waals surface area contributed by atoms with E-state index in [4.69, 9.17) is 10.5 Å². The van der Waals surface area contributed by atoms with Crippen LogP contribution in [0.4, 0.5) is 0 Å². The first-order chi connectivity index (χ1) is 11.7. The van der Waals surface area contributed by atoms with Crippen LogP contribution >= 0.6 is 0 Å². The summed E-state index contributed by atoms with van der Waals surface area (Å²) in [6.07, 6.45) is 2.34. The Hall–Kier alpha value is -2.33. The number of benzene rings is 2. The molecule has 24 heavy (non-hydrogen) atoms. The highest BCUT2D eigenvalue weighted by Crippen LogP contribution is 2.29. The third-order valence-corrected chi connectivity index (χ3v) is 4.82. The summed E-state index contributed by atoms with van der Waals surface area (Å²) in [7, 11) is 1.70. The molecule has 2 aromatic rings. The first kappa shape index (κ1) is 16.5. The van der Waals surface area contributed by atoms with E-state index in [-0.39, 0.29) is 5.91 Å². The van der Waals surface area contributed by atoms with E-state index in [0.29, 0.717) is 11.5 Å². The van der Waals surface area contributed by atoms with Gasteiger partial charge in [0.05, 0.1) is 7.11 Å². The van der Waals surface area contributed by atoms with Crippen LogP contribution in [-0.4, -0.2) is 31.0 Å². The van der Waals surface area contributed by atoms with Crippen LogP contribution < -0.4 is 10.5 Å². The average Bonchev–Trinajstić information content (AvgIpc) is 2.63. The summed E-state index contributed by atoms with van der Waals surface area (Å²) in [5, 5.41) is 0. The van der Waals surface area contributed by atoms with Gasteiger partial charge in [-0.2, -0.15) is 0 Å². The molecule has 0 atom stereocenters. The van der Waals surface area contributed by atoms with Crippen LogP contribution in [-0.2, 0) is 6.54 Å². The van der Waals surface area contributed by atoms with Crippen molar-refractivity contribution in [2.75, 3.05) is 20.2 Å². The average molecular weight is 324 g/mol. The third kappa shape index (κ3) is 3.95. The summed E-state index contributed by atoms with van der Waals surface area (Å²) in [5.41, 5.74) is 8.48. The standard InChI is InChI=1S/C20H24N2O2/c1-24-19-8-6-16(7-9-19)17-10-12-22(13-11-17)14-15-2-4-18(5-3-15)20(21)23/h2-9,17H,10-14H2,1H3,(H2,21,23). The Kier molecular flexibility index (Phi) is 5.16. The smallest absolute Gasteiger partial charge is 0.248 e. The number of carbonyl (C=O) groups excluding carboxylic acids is 1. The fourth-order valence-electron chi connectivity index (χ4n) is 3.33. The van der Waals surface area contributed by atoms with Crippen molar-refractivity contribution in [1.29, 1.82) is 0 Å². The molecule has 4 nitrogen and oxygen atoms in total. The summed E-state index contributed by atoms with van der Waals surface area (Å²) in [6, 6.07) is 16.1. The topological polar surface area (TPSA) is 55.6 Å². The van der Waals surface area contributed by atoms with Gasteiger partial charge < -0.3 is 10.5 Å². The lowest BCUT2D eigenvalue weighted by Gasteiger charge is -2.32. The second-order valence-electron chi connectivity index (χ2n) is 6.38. The normalized spacial score (nSPS) is 16.0. The van der Waals surface area contributed by atoms with Crippen LogP contribution in [0, 0.1) is 0 Å². The lowest BCUT2D eigenvalue weighted by atomic mass is 9.89. The molecule has 1 heterocycles. The van der Waals surface area contributed by atoms with Gasteiger partial charge in [-0.1, -0.05) is 24.3 Å². The number of hydrogen-bond acceptors (Lipinski definition) is 3. The third-order valence-electron chi connectivity index (χ3n) is 4.82. The Morgan fingerprint density at radius 2 is 1.71 bits per heavy atom. The van der Waals surface area contributed by atoms with Crippen molar-refractivity contribution < 1.29 is 9.53 Å². The minimum Gasteiger partial charge on any atom is -0.497 e. The molecule has 0 aromatic heterocycles. The van der Waals surface area contributed by atoms with E-state index in [1.165, 1.54) is 24.0 Å². The predicted octanol–water partition coefficient (Wildman–Crippen LogP) is 3.17. The molecule has 0 spiro atoms. The fraction of sp³-hybridized carbons (Fsp3) is 0.350. The SMILES string of the molecule is COc1ccc(C2CCN(Cc3ccc(C(N)=O)cc3)CC2)cc1. The number of rotatable bonds is 5. The molecule has 3 rings (SSSR count). The molecular weight excluding hydrogens is 300 g/mol. The van der Waals surface area contributed by atoms with Crippen LogP contribution in [0.3, 0.4) is 0 Å². The molecule has 2 N–H and O–H groups in total. The molecule has 0 aliphatic carbocycles. The van der Waals surface area contributed by atoms with E-state index in [1.807, 2.05) is 36.4 Å². The zero-order valence-electron chi connectivity index (χ0n) is 14.1. The molecule has 1 aliphatic heterocycles. The molecule has 0 radical (unpaired) electrons. The van der Waals surface area contributed by atoms with E-state index >= 15 is 0 Å². The molecule has 1 amide bonds. The monoisotopic (exact) mass is 324 g/mol. The largest absolute Gasteiger partial charge is 0.497 e. The molecule has 1 aliphatic rings. The van der Waals surface area contributed by atoms with Gasteiger partial charge in [-0.25, -0.2) is 0 Å². The van der Waals surface area contributed by atoms with Crippen molar-refractivity contribution >= 4 is 5.91 Å². The zero-order chi connectivity index (χ0) is 16.9. The van der Waals surface area contributed by atoms with E-state index < -0.39 is 0 Å². The van der Waals surface area contributed by atoms with Gasteiger partial charge in [0.1, 0.15) is 5.75 Å². The number of hydrogen-bond donors (Lipinski definition) is 1. The van der Waals surface area contributed by atoms with Gasteiger partial charge in [0.25, 0.3) is 0 Å². The molecule has 1 saturated heterocycles. The van der Waals surface area contributed by atoms with E-state index in [2.05, 4.69) is 17.0 Å². The van der Waals surface area contributed by atoms with Crippen LogP contribution in [0.15, 0.2) is 48.5 Å². The number of carbonyl (C=O) groups is 1. The minimum absolute atomic E-state index is 0.373. The number of likely N-dealkylation sites (tertiary alicyclic amines) is 1. The maximum absolute atomic E-state index is 11.1. The molecule has 2 aromatic carbocycles. The Morgan fingerprint density at radius 1 is 1.08 bits per heavy atom. The molecule has 4 heteroatoms. The highest BCUT2D eigenvalue weighted by Gasteiger charge is 2.20. The highest BCUT2D eigenvalue weighted by atomic mass is 16.5. The number of amides is 1. The number of nitrogens with two attached hydrogens (primary N) is 1. The van der Waals surface area contributed by atoms with E-state index in [1.54, 1.807) is 7.11 Å². The van der Waals surface area contributed by atoms with Crippen LogP contribution in [0.25, 0.3) is 0 Å². The maximum Gasteiger partial charge on any atom is 0.248 e. The molecule has 0 bridgehead atoms.